The number of hydrogen-bond donors (Lipinski definition) is 2. The molecule has 1 amide bonds. The largest absolute Gasteiger partial charge is 0.325 e. The Morgan fingerprint density at radius 1 is 1.30 bits per heavy atom. The second-order valence-corrected chi connectivity index (χ2v) is 9.27. The molecular formula is C20H23N3O2S2. The van der Waals surface area contributed by atoms with Gasteiger partial charge in [-0.15, -0.1) is 23.1 Å². The molecule has 142 valence electrons. The van der Waals surface area contributed by atoms with Gasteiger partial charge >= 0.3 is 0 Å². The van der Waals surface area contributed by atoms with E-state index in [1.54, 1.807) is 0 Å². The molecule has 0 aliphatic carbocycles. The number of rotatable bonds is 5. The molecular weight excluding hydrogens is 378 g/mol. The topological polar surface area (TPSA) is 74.8 Å². The molecule has 1 aromatic carbocycles. The minimum atomic E-state index is -0.265. The first kappa shape index (κ1) is 19.6. The standard InChI is InChI=1S/C20H23N3O2S2/c1-10-6-7-15(11(2)8-10)21-18(24)14(5)26-9-16-22-19(25)17-12(3)13(4)27-20(17)23-16/h6-8,14H,9H2,1-5H3,(H,21,24)(H,22,23,25)/t14-/m1/s1. The zero-order chi connectivity index (χ0) is 19.7. The van der Waals surface area contributed by atoms with E-state index in [1.807, 2.05) is 52.8 Å². The molecule has 0 aliphatic rings. The van der Waals surface area contributed by atoms with Gasteiger partial charge < -0.3 is 10.3 Å². The third-order valence-corrected chi connectivity index (χ3v) is 6.82. The zero-order valence-electron chi connectivity index (χ0n) is 16.1. The van der Waals surface area contributed by atoms with Gasteiger partial charge in [-0.2, -0.15) is 0 Å². The molecule has 2 N–H and O–H groups in total. The number of carbonyl (C=O) groups is 1. The maximum Gasteiger partial charge on any atom is 0.259 e. The number of anilines is 1. The number of aromatic amines is 1. The molecule has 0 fully saturated rings. The molecule has 3 rings (SSSR count). The van der Waals surface area contributed by atoms with E-state index < -0.39 is 0 Å². The fraction of sp³-hybridized carbons (Fsp3) is 0.350. The Bertz CT molecular complexity index is 1070. The summed E-state index contributed by atoms with van der Waals surface area (Å²) < 4.78 is 0. The molecule has 0 spiro atoms. The second-order valence-electron chi connectivity index (χ2n) is 6.74. The predicted molar refractivity (Wildman–Crippen MR) is 115 cm³/mol. The highest BCUT2D eigenvalue weighted by molar-refractivity contribution is 7.99. The fourth-order valence-electron chi connectivity index (χ4n) is 2.84. The number of benzene rings is 1. The molecule has 0 saturated carbocycles. The van der Waals surface area contributed by atoms with E-state index >= 15 is 0 Å². The number of nitrogens with zero attached hydrogens (tertiary/aromatic N) is 1. The number of aromatic nitrogens is 2. The van der Waals surface area contributed by atoms with E-state index in [9.17, 15) is 9.59 Å². The highest BCUT2D eigenvalue weighted by atomic mass is 32.2. The fourth-order valence-corrected chi connectivity index (χ4v) is 4.64. The van der Waals surface area contributed by atoms with Crippen LogP contribution in [0, 0.1) is 27.7 Å². The summed E-state index contributed by atoms with van der Waals surface area (Å²) in [5.74, 6) is 1.02. The monoisotopic (exact) mass is 401 g/mol. The van der Waals surface area contributed by atoms with Crippen LogP contribution >= 0.6 is 23.1 Å². The van der Waals surface area contributed by atoms with Crippen LogP contribution in [0.2, 0.25) is 0 Å². The minimum absolute atomic E-state index is 0.0572. The summed E-state index contributed by atoms with van der Waals surface area (Å²) in [6.45, 7) is 9.81. The quantitative estimate of drug-likeness (QED) is 0.661. The summed E-state index contributed by atoms with van der Waals surface area (Å²) >= 11 is 2.99. The zero-order valence-corrected chi connectivity index (χ0v) is 17.7. The van der Waals surface area contributed by atoms with Crippen molar-refractivity contribution in [3.05, 3.63) is 55.9 Å². The van der Waals surface area contributed by atoms with Crippen molar-refractivity contribution in [2.45, 2.75) is 45.6 Å². The Kier molecular flexibility index (Phi) is 5.72. The molecule has 0 aliphatic heterocycles. The first-order valence-electron chi connectivity index (χ1n) is 8.75. The first-order chi connectivity index (χ1) is 12.8. The Labute approximate surface area is 166 Å². The van der Waals surface area contributed by atoms with Crippen molar-refractivity contribution < 1.29 is 4.79 Å². The molecule has 0 bridgehead atoms. The van der Waals surface area contributed by atoms with Crippen molar-refractivity contribution in [3.8, 4) is 0 Å². The predicted octanol–water partition coefficient (Wildman–Crippen LogP) is 4.48. The van der Waals surface area contributed by atoms with Crippen LogP contribution < -0.4 is 10.9 Å². The molecule has 2 heterocycles. The van der Waals surface area contributed by atoms with Gasteiger partial charge in [0, 0.05) is 10.6 Å². The Hall–Kier alpha value is -2.12. The van der Waals surface area contributed by atoms with Gasteiger partial charge in [-0.05, 0) is 51.8 Å². The van der Waals surface area contributed by atoms with Crippen LogP contribution in [0.4, 0.5) is 5.69 Å². The van der Waals surface area contributed by atoms with Crippen LogP contribution in [-0.4, -0.2) is 21.1 Å². The van der Waals surface area contributed by atoms with Crippen molar-refractivity contribution in [2.24, 2.45) is 0 Å². The summed E-state index contributed by atoms with van der Waals surface area (Å²) in [7, 11) is 0. The summed E-state index contributed by atoms with van der Waals surface area (Å²) in [4.78, 5) is 34.1. The summed E-state index contributed by atoms with van der Waals surface area (Å²) in [5, 5.41) is 3.38. The number of nitrogens with one attached hydrogen (secondary N) is 2. The average Bonchev–Trinajstić information content (AvgIpc) is 2.89. The summed E-state index contributed by atoms with van der Waals surface area (Å²) in [5.41, 5.74) is 3.92. The SMILES string of the molecule is Cc1ccc(NC(=O)[C@@H](C)SCc2nc3sc(C)c(C)c3c(=O)[nH]2)c(C)c1. The average molecular weight is 402 g/mol. The Morgan fingerprint density at radius 3 is 2.74 bits per heavy atom. The van der Waals surface area contributed by atoms with E-state index in [0.29, 0.717) is 17.0 Å². The molecule has 0 radical (unpaired) electrons. The number of hydrogen-bond acceptors (Lipinski definition) is 5. The lowest BCUT2D eigenvalue weighted by Gasteiger charge is -2.13. The smallest absolute Gasteiger partial charge is 0.259 e. The van der Waals surface area contributed by atoms with Gasteiger partial charge in [0.2, 0.25) is 5.91 Å². The molecule has 0 unspecified atom stereocenters. The maximum atomic E-state index is 12.5. The highest BCUT2D eigenvalue weighted by Gasteiger charge is 2.17. The van der Waals surface area contributed by atoms with Crippen LogP contribution in [0.5, 0.6) is 0 Å². The number of carbonyl (C=O) groups excluding carboxylic acids is 1. The van der Waals surface area contributed by atoms with Crippen molar-refractivity contribution >= 4 is 44.9 Å². The van der Waals surface area contributed by atoms with Gasteiger partial charge in [0.25, 0.3) is 5.56 Å². The maximum absolute atomic E-state index is 12.5. The van der Waals surface area contributed by atoms with Crippen molar-refractivity contribution in [1.82, 2.24) is 9.97 Å². The number of thioether (sulfide) groups is 1. The van der Waals surface area contributed by atoms with Crippen LogP contribution in [0.15, 0.2) is 23.0 Å². The summed E-state index contributed by atoms with van der Waals surface area (Å²) in [6, 6.07) is 5.95. The molecule has 5 nitrogen and oxygen atoms in total. The van der Waals surface area contributed by atoms with Gasteiger partial charge in [-0.25, -0.2) is 4.98 Å². The van der Waals surface area contributed by atoms with Gasteiger partial charge in [0.1, 0.15) is 10.7 Å². The van der Waals surface area contributed by atoms with E-state index in [-0.39, 0.29) is 16.7 Å². The minimum Gasteiger partial charge on any atom is -0.325 e. The van der Waals surface area contributed by atoms with Gasteiger partial charge in [0.05, 0.1) is 16.4 Å². The van der Waals surface area contributed by atoms with Crippen molar-refractivity contribution in [3.63, 3.8) is 0 Å². The van der Waals surface area contributed by atoms with Crippen LogP contribution in [0.3, 0.4) is 0 Å². The molecule has 2 aromatic heterocycles. The van der Waals surface area contributed by atoms with Gasteiger partial charge in [-0.3, -0.25) is 9.59 Å². The van der Waals surface area contributed by atoms with E-state index in [4.69, 9.17) is 0 Å². The second kappa shape index (κ2) is 7.86. The number of H-pyrrole nitrogens is 1. The Balaban J connectivity index is 1.68. The number of aryl methyl sites for hydroxylation is 4. The molecule has 7 heteroatoms. The molecule has 0 saturated heterocycles. The lowest BCUT2D eigenvalue weighted by molar-refractivity contribution is -0.115. The van der Waals surface area contributed by atoms with Crippen LogP contribution in [0.25, 0.3) is 10.2 Å². The number of thiophene rings is 1. The lowest BCUT2D eigenvalue weighted by Crippen LogP contribution is -2.23. The third-order valence-electron chi connectivity index (χ3n) is 4.57. The van der Waals surface area contributed by atoms with Crippen molar-refractivity contribution in [1.29, 1.82) is 0 Å². The first-order valence-corrected chi connectivity index (χ1v) is 10.6. The summed E-state index contributed by atoms with van der Waals surface area (Å²) in [6.07, 6.45) is 0. The van der Waals surface area contributed by atoms with Gasteiger partial charge in [-0.1, -0.05) is 17.7 Å². The molecule has 3 aromatic rings. The molecule has 1 atom stereocenters. The van der Waals surface area contributed by atoms with Crippen molar-refractivity contribution in [2.75, 3.05) is 5.32 Å². The highest BCUT2D eigenvalue weighted by Crippen LogP contribution is 2.27. The van der Waals surface area contributed by atoms with Gasteiger partial charge in [0.15, 0.2) is 0 Å². The number of amides is 1. The van der Waals surface area contributed by atoms with E-state index in [1.165, 1.54) is 23.1 Å². The third kappa shape index (κ3) is 4.25. The lowest BCUT2D eigenvalue weighted by atomic mass is 10.1. The van der Waals surface area contributed by atoms with Crippen LogP contribution in [-0.2, 0) is 10.5 Å². The van der Waals surface area contributed by atoms with E-state index in [2.05, 4.69) is 15.3 Å². The molecule has 27 heavy (non-hydrogen) atoms. The van der Waals surface area contributed by atoms with E-state index in [0.717, 1.165) is 32.1 Å². The normalized spacial score (nSPS) is 12.3. The Morgan fingerprint density at radius 2 is 2.04 bits per heavy atom. The number of fused-ring (bicyclic) bond motifs is 1. The van der Waals surface area contributed by atoms with Crippen LogP contribution in [0.1, 0.15) is 34.3 Å².